The van der Waals surface area contributed by atoms with E-state index in [-0.39, 0.29) is 0 Å². The van der Waals surface area contributed by atoms with E-state index >= 15 is 0 Å². The Hall–Kier alpha value is -1.03. The standard InChI is InChI=1S/C11H11Cl2N3/c1-14-5-8-2-3-11(10(13)4-8)16-7-9(12)6-15-16/h2-4,6-7,14H,5H2,1H3. The maximum Gasteiger partial charge on any atom is 0.0832 e. The number of nitrogens with zero attached hydrogens (tertiary/aromatic N) is 2. The second kappa shape index (κ2) is 4.87. The van der Waals surface area contributed by atoms with Crippen LogP contribution >= 0.6 is 23.2 Å². The summed E-state index contributed by atoms with van der Waals surface area (Å²) in [6.07, 6.45) is 3.31. The van der Waals surface area contributed by atoms with E-state index in [1.807, 2.05) is 25.2 Å². The minimum absolute atomic E-state index is 0.593. The SMILES string of the molecule is CNCc1ccc(-n2cc(Cl)cn2)c(Cl)c1. The van der Waals surface area contributed by atoms with Crippen LogP contribution in [0.3, 0.4) is 0 Å². The molecule has 1 N–H and O–H groups in total. The zero-order chi connectivity index (χ0) is 11.5. The number of aromatic nitrogens is 2. The van der Waals surface area contributed by atoms with Crippen molar-refractivity contribution < 1.29 is 0 Å². The lowest BCUT2D eigenvalue weighted by atomic mass is 10.2. The summed E-state index contributed by atoms with van der Waals surface area (Å²) in [5.41, 5.74) is 1.96. The molecule has 0 aliphatic heterocycles. The molecule has 2 aromatic rings. The highest BCUT2D eigenvalue weighted by atomic mass is 35.5. The number of hydrogen-bond acceptors (Lipinski definition) is 2. The van der Waals surface area contributed by atoms with Gasteiger partial charge in [0, 0.05) is 12.7 Å². The molecular formula is C11H11Cl2N3. The Morgan fingerprint density at radius 3 is 2.75 bits per heavy atom. The molecule has 0 fully saturated rings. The summed E-state index contributed by atoms with van der Waals surface area (Å²) in [6.45, 7) is 0.792. The average molecular weight is 256 g/mol. The van der Waals surface area contributed by atoms with E-state index in [0.29, 0.717) is 10.0 Å². The first-order chi connectivity index (χ1) is 7.70. The molecule has 0 unspecified atom stereocenters. The predicted molar refractivity (Wildman–Crippen MR) is 66.3 cm³/mol. The summed E-state index contributed by atoms with van der Waals surface area (Å²) in [5, 5.41) is 8.43. The van der Waals surface area contributed by atoms with E-state index in [1.165, 1.54) is 0 Å². The summed E-state index contributed by atoms with van der Waals surface area (Å²) in [4.78, 5) is 0. The van der Waals surface area contributed by atoms with Gasteiger partial charge in [-0.15, -0.1) is 0 Å². The van der Waals surface area contributed by atoms with Crippen LogP contribution < -0.4 is 5.32 Å². The third kappa shape index (κ3) is 2.38. The molecule has 0 radical (unpaired) electrons. The lowest BCUT2D eigenvalue weighted by molar-refractivity contribution is 0.815. The van der Waals surface area contributed by atoms with Crippen molar-refractivity contribution in [1.82, 2.24) is 15.1 Å². The molecule has 0 saturated carbocycles. The third-order valence-corrected chi connectivity index (χ3v) is 2.69. The van der Waals surface area contributed by atoms with Crippen molar-refractivity contribution in [3.63, 3.8) is 0 Å². The lowest BCUT2D eigenvalue weighted by Crippen LogP contribution is -2.05. The predicted octanol–water partition coefficient (Wildman–Crippen LogP) is 2.90. The first kappa shape index (κ1) is 11.5. The molecule has 0 aliphatic rings. The van der Waals surface area contributed by atoms with Gasteiger partial charge in [-0.2, -0.15) is 5.10 Å². The first-order valence-electron chi connectivity index (χ1n) is 4.84. The Balaban J connectivity index is 2.36. The van der Waals surface area contributed by atoms with E-state index in [4.69, 9.17) is 23.2 Å². The molecule has 16 heavy (non-hydrogen) atoms. The van der Waals surface area contributed by atoms with Gasteiger partial charge in [0.05, 0.1) is 21.9 Å². The monoisotopic (exact) mass is 255 g/mol. The van der Waals surface area contributed by atoms with Gasteiger partial charge in [-0.3, -0.25) is 0 Å². The summed E-state index contributed by atoms with van der Waals surface area (Å²) in [7, 11) is 1.90. The number of rotatable bonds is 3. The van der Waals surface area contributed by atoms with Gasteiger partial charge in [-0.1, -0.05) is 29.3 Å². The maximum absolute atomic E-state index is 6.18. The zero-order valence-corrected chi connectivity index (χ0v) is 10.3. The molecule has 0 atom stereocenters. The van der Waals surface area contributed by atoms with Gasteiger partial charge in [-0.25, -0.2) is 4.68 Å². The van der Waals surface area contributed by atoms with Crippen molar-refractivity contribution in [2.75, 3.05) is 7.05 Å². The Bertz CT molecular complexity index is 494. The van der Waals surface area contributed by atoms with Crippen LogP contribution in [0.1, 0.15) is 5.56 Å². The minimum atomic E-state index is 0.593. The van der Waals surface area contributed by atoms with Gasteiger partial charge in [0.1, 0.15) is 0 Å². The van der Waals surface area contributed by atoms with Crippen molar-refractivity contribution in [3.8, 4) is 5.69 Å². The van der Waals surface area contributed by atoms with Gasteiger partial charge in [0.25, 0.3) is 0 Å². The molecule has 0 spiro atoms. The van der Waals surface area contributed by atoms with Crippen LogP contribution in [0.4, 0.5) is 0 Å². The van der Waals surface area contributed by atoms with Crippen LogP contribution in [0.15, 0.2) is 30.6 Å². The second-order valence-electron chi connectivity index (χ2n) is 3.42. The minimum Gasteiger partial charge on any atom is -0.316 e. The fourth-order valence-electron chi connectivity index (χ4n) is 1.48. The normalized spacial score (nSPS) is 10.7. The highest BCUT2D eigenvalue weighted by molar-refractivity contribution is 6.32. The summed E-state index contributed by atoms with van der Waals surface area (Å²) < 4.78 is 1.66. The quantitative estimate of drug-likeness (QED) is 0.915. The van der Waals surface area contributed by atoms with Gasteiger partial charge in [0.15, 0.2) is 0 Å². The van der Waals surface area contributed by atoms with Crippen LogP contribution in [-0.4, -0.2) is 16.8 Å². The fourth-order valence-corrected chi connectivity index (χ4v) is 1.91. The summed E-state index contributed by atoms with van der Waals surface area (Å²) >= 11 is 12.0. The van der Waals surface area contributed by atoms with E-state index in [1.54, 1.807) is 17.1 Å². The number of benzene rings is 1. The smallest absolute Gasteiger partial charge is 0.0832 e. The van der Waals surface area contributed by atoms with Crippen molar-refractivity contribution in [2.24, 2.45) is 0 Å². The molecule has 5 heteroatoms. The van der Waals surface area contributed by atoms with Crippen molar-refractivity contribution in [1.29, 1.82) is 0 Å². The molecule has 0 aliphatic carbocycles. The van der Waals surface area contributed by atoms with Gasteiger partial charge < -0.3 is 5.32 Å². The van der Waals surface area contributed by atoms with Crippen LogP contribution in [0.5, 0.6) is 0 Å². The highest BCUT2D eigenvalue weighted by Gasteiger charge is 2.05. The van der Waals surface area contributed by atoms with Crippen molar-refractivity contribution in [2.45, 2.75) is 6.54 Å². The van der Waals surface area contributed by atoms with Crippen LogP contribution in [-0.2, 0) is 6.54 Å². The van der Waals surface area contributed by atoms with Gasteiger partial charge >= 0.3 is 0 Å². The first-order valence-corrected chi connectivity index (χ1v) is 5.60. The molecule has 2 rings (SSSR count). The third-order valence-electron chi connectivity index (χ3n) is 2.19. The van der Waals surface area contributed by atoms with Crippen molar-refractivity contribution in [3.05, 3.63) is 46.2 Å². The molecular weight excluding hydrogens is 245 g/mol. The maximum atomic E-state index is 6.18. The van der Waals surface area contributed by atoms with Crippen molar-refractivity contribution >= 4 is 23.2 Å². The molecule has 1 aromatic carbocycles. The van der Waals surface area contributed by atoms with Crippen LogP contribution in [0, 0.1) is 0 Å². The Labute approximate surface area is 104 Å². The molecule has 1 heterocycles. The molecule has 84 valence electrons. The Morgan fingerprint density at radius 1 is 1.38 bits per heavy atom. The number of halogens is 2. The van der Waals surface area contributed by atoms with Gasteiger partial charge in [-0.05, 0) is 24.7 Å². The van der Waals surface area contributed by atoms with Crippen LogP contribution in [0.2, 0.25) is 10.0 Å². The largest absolute Gasteiger partial charge is 0.316 e. The van der Waals surface area contributed by atoms with E-state index in [2.05, 4.69) is 10.4 Å². The van der Waals surface area contributed by atoms with E-state index in [9.17, 15) is 0 Å². The Morgan fingerprint density at radius 2 is 2.19 bits per heavy atom. The lowest BCUT2D eigenvalue weighted by Gasteiger charge is -2.06. The molecule has 1 aromatic heterocycles. The summed E-state index contributed by atoms with van der Waals surface area (Å²) in [5.74, 6) is 0. The summed E-state index contributed by atoms with van der Waals surface area (Å²) in [6, 6.07) is 5.86. The van der Waals surface area contributed by atoms with Gasteiger partial charge in [0.2, 0.25) is 0 Å². The molecule has 3 nitrogen and oxygen atoms in total. The number of nitrogens with one attached hydrogen (secondary N) is 1. The van der Waals surface area contributed by atoms with E-state index in [0.717, 1.165) is 17.8 Å². The zero-order valence-electron chi connectivity index (χ0n) is 8.74. The van der Waals surface area contributed by atoms with E-state index < -0.39 is 0 Å². The molecule has 0 saturated heterocycles. The number of hydrogen-bond donors (Lipinski definition) is 1. The van der Waals surface area contributed by atoms with Crippen LogP contribution in [0.25, 0.3) is 5.69 Å². The fraction of sp³-hybridized carbons (Fsp3) is 0.182. The topological polar surface area (TPSA) is 29.9 Å². The Kier molecular flexibility index (Phi) is 3.49. The molecule has 0 amide bonds. The highest BCUT2D eigenvalue weighted by Crippen LogP contribution is 2.22. The molecule has 0 bridgehead atoms. The average Bonchev–Trinajstić information content (AvgIpc) is 2.65. The second-order valence-corrected chi connectivity index (χ2v) is 4.26.